The van der Waals surface area contributed by atoms with E-state index in [1.54, 1.807) is 0 Å². The summed E-state index contributed by atoms with van der Waals surface area (Å²) in [6.07, 6.45) is 2.57. The minimum absolute atomic E-state index is 0.494. The Kier molecular flexibility index (Phi) is 4.46. The van der Waals surface area contributed by atoms with Crippen molar-refractivity contribution in [3.63, 3.8) is 0 Å². The third-order valence-corrected chi connectivity index (χ3v) is 3.81. The molecule has 1 saturated heterocycles. The van der Waals surface area contributed by atoms with Gasteiger partial charge in [-0.3, -0.25) is 0 Å². The molecule has 2 rings (SSSR count). The van der Waals surface area contributed by atoms with Crippen LogP contribution in [0.3, 0.4) is 0 Å². The Morgan fingerprint density at radius 3 is 2.74 bits per heavy atom. The standard InChI is InChI=1S/C16H27N3/c1-12(2)15-9-13(3)10-16(17-15)19-8-6-7-14(19)11-18(4)5/h9-10,12,14H,6-8,11H2,1-5H3/t14-/m0/s1. The average Bonchev–Trinajstić information content (AvgIpc) is 2.75. The molecule has 1 atom stereocenters. The molecule has 0 N–H and O–H groups in total. The molecule has 1 aromatic rings. The molecule has 1 aromatic heterocycles. The van der Waals surface area contributed by atoms with Gasteiger partial charge in [0.1, 0.15) is 5.82 Å². The smallest absolute Gasteiger partial charge is 0.129 e. The van der Waals surface area contributed by atoms with Crippen LogP contribution in [-0.4, -0.2) is 43.1 Å². The van der Waals surface area contributed by atoms with Crippen LogP contribution in [0.15, 0.2) is 12.1 Å². The molecular weight excluding hydrogens is 234 g/mol. The van der Waals surface area contributed by atoms with E-state index in [9.17, 15) is 0 Å². The van der Waals surface area contributed by atoms with Gasteiger partial charge in [-0.15, -0.1) is 0 Å². The predicted octanol–water partition coefficient (Wildman–Crippen LogP) is 3.04. The minimum Gasteiger partial charge on any atom is -0.352 e. The lowest BCUT2D eigenvalue weighted by Crippen LogP contribution is -2.38. The van der Waals surface area contributed by atoms with Crippen LogP contribution in [0.5, 0.6) is 0 Å². The normalized spacial score (nSPS) is 19.7. The van der Waals surface area contributed by atoms with Gasteiger partial charge in [0, 0.05) is 24.8 Å². The summed E-state index contributed by atoms with van der Waals surface area (Å²) in [7, 11) is 4.30. The Hall–Kier alpha value is -1.09. The topological polar surface area (TPSA) is 19.4 Å². The number of anilines is 1. The van der Waals surface area contributed by atoms with Crippen molar-refractivity contribution in [2.45, 2.75) is 45.6 Å². The van der Waals surface area contributed by atoms with Gasteiger partial charge in [-0.25, -0.2) is 4.98 Å². The summed E-state index contributed by atoms with van der Waals surface area (Å²) in [5.74, 6) is 1.67. The molecule has 106 valence electrons. The lowest BCUT2D eigenvalue weighted by molar-refractivity contribution is 0.371. The van der Waals surface area contributed by atoms with Gasteiger partial charge < -0.3 is 9.80 Å². The van der Waals surface area contributed by atoms with E-state index >= 15 is 0 Å². The number of rotatable bonds is 4. The second kappa shape index (κ2) is 5.91. The molecule has 3 nitrogen and oxygen atoms in total. The summed E-state index contributed by atoms with van der Waals surface area (Å²) in [4.78, 5) is 9.66. The molecule has 0 saturated carbocycles. The van der Waals surface area contributed by atoms with E-state index in [0.717, 1.165) is 13.1 Å². The zero-order valence-electron chi connectivity index (χ0n) is 13.0. The number of likely N-dealkylation sites (N-methyl/N-ethyl adjacent to an activating group) is 1. The van der Waals surface area contributed by atoms with E-state index < -0.39 is 0 Å². The fraction of sp³-hybridized carbons (Fsp3) is 0.688. The third-order valence-electron chi connectivity index (χ3n) is 3.81. The van der Waals surface area contributed by atoms with Gasteiger partial charge >= 0.3 is 0 Å². The van der Waals surface area contributed by atoms with Crippen LogP contribution in [0.4, 0.5) is 5.82 Å². The first kappa shape index (κ1) is 14.3. The Balaban J connectivity index is 2.25. The van der Waals surface area contributed by atoms with Crippen molar-refractivity contribution in [3.8, 4) is 0 Å². The largest absolute Gasteiger partial charge is 0.352 e. The van der Waals surface area contributed by atoms with E-state index in [1.807, 2.05) is 0 Å². The molecule has 1 fully saturated rings. The molecule has 2 heterocycles. The molecule has 3 heteroatoms. The Morgan fingerprint density at radius 2 is 2.11 bits per heavy atom. The lowest BCUT2D eigenvalue weighted by Gasteiger charge is -2.29. The van der Waals surface area contributed by atoms with Crippen LogP contribution >= 0.6 is 0 Å². The predicted molar refractivity (Wildman–Crippen MR) is 82.0 cm³/mol. The third kappa shape index (κ3) is 3.47. The monoisotopic (exact) mass is 261 g/mol. The van der Waals surface area contributed by atoms with Gasteiger partial charge in [0.15, 0.2) is 0 Å². The maximum atomic E-state index is 4.88. The summed E-state index contributed by atoms with van der Waals surface area (Å²) in [6.45, 7) is 8.87. The Bertz CT molecular complexity index is 426. The summed E-state index contributed by atoms with van der Waals surface area (Å²) >= 11 is 0. The molecule has 0 aliphatic carbocycles. The fourth-order valence-corrected chi connectivity index (χ4v) is 2.87. The van der Waals surface area contributed by atoms with Crippen LogP contribution in [0.2, 0.25) is 0 Å². The Labute approximate surface area is 117 Å². The van der Waals surface area contributed by atoms with Crippen LogP contribution < -0.4 is 4.90 Å². The second-order valence-electron chi connectivity index (χ2n) is 6.33. The van der Waals surface area contributed by atoms with Gasteiger partial charge in [-0.2, -0.15) is 0 Å². The average molecular weight is 261 g/mol. The molecule has 0 amide bonds. The number of hydrogen-bond donors (Lipinski definition) is 0. The second-order valence-corrected chi connectivity index (χ2v) is 6.33. The molecular formula is C16H27N3. The van der Waals surface area contributed by atoms with Crippen molar-refractivity contribution in [2.75, 3.05) is 32.1 Å². The van der Waals surface area contributed by atoms with E-state index in [-0.39, 0.29) is 0 Å². The maximum absolute atomic E-state index is 4.88. The molecule has 1 aliphatic heterocycles. The highest BCUT2D eigenvalue weighted by molar-refractivity contribution is 5.45. The number of pyridine rings is 1. The first-order valence-electron chi connectivity index (χ1n) is 7.37. The van der Waals surface area contributed by atoms with Crippen LogP contribution in [-0.2, 0) is 0 Å². The quantitative estimate of drug-likeness (QED) is 0.830. The zero-order valence-corrected chi connectivity index (χ0v) is 13.0. The fourth-order valence-electron chi connectivity index (χ4n) is 2.87. The van der Waals surface area contributed by atoms with Crippen LogP contribution in [0.25, 0.3) is 0 Å². The number of nitrogens with zero attached hydrogens (tertiary/aromatic N) is 3. The number of aromatic nitrogens is 1. The maximum Gasteiger partial charge on any atom is 0.129 e. The van der Waals surface area contributed by atoms with Crippen molar-refractivity contribution in [3.05, 3.63) is 23.4 Å². The lowest BCUT2D eigenvalue weighted by atomic mass is 10.1. The van der Waals surface area contributed by atoms with Crippen molar-refractivity contribution in [1.29, 1.82) is 0 Å². The van der Waals surface area contributed by atoms with Crippen molar-refractivity contribution >= 4 is 5.82 Å². The van der Waals surface area contributed by atoms with Crippen molar-refractivity contribution in [2.24, 2.45) is 0 Å². The number of aryl methyl sites for hydroxylation is 1. The van der Waals surface area contributed by atoms with Crippen LogP contribution in [0.1, 0.15) is 43.9 Å². The summed E-state index contributed by atoms with van der Waals surface area (Å²) < 4.78 is 0. The number of hydrogen-bond acceptors (Lipinski definition) is 3. The van der Waals surface area contributed by atoms with E-state index in [1.165, 1.54) is 29.9 Å². The highest BCUT2D eigenvalue weighted by atomic mass is 15.3. The Morgan fingerprint density at radius 1 is 1.37 bits per heavy atom. The van der Waals surface area contributed by atoms with Gasteiger partial charge in [0.25, 0.3) is 0 Å². The molecule has 0 spiro atoms. The summed E-state index contributed by atoms with van der Waals surface area (Å²) in [6, 6.07) is 5.06. The van der Waals surface area contributed by atoms with Gasteiger partial charge in [0.05, 0.1) is 0 Å². The first-order valence-corrected chi connectivity index (χ1v) is 7.37. The molecule has 0 aromatic carbocycles. The highest BCUT2D eigenvalue weighted by Crippen LogP contribution is 2.27. The van der Waals surface area contributed by atoms with E-state index in [4.69, 9.17) is 4.98 Å². The van der Waals surface area contributed by atoms with Crippen LogP contribution in [0, 0.1) is 6.92 Å². The molecule has 0 radical (unpaired) electrons. The molecule has 0 unspecified atom stereocenters. The zero-order chi connectivity index (χ0) is 14.0. The van der Waals surface area contributed by atoms with Gasteiger partial charge in [-0.1, -0.05) is 13.8 Å². The van der Waals surface area contributed by atoms with E-state index in [2.05, 4.69) is 56.8 Å². The van der Waals surface area contributed by atoms with E-state index in [0.29, 0.717) is 12.0 Å². The molecule has 1 aliphatic rings. The van der Waals surface area contributed by atoms with Gasteiger partial charge in [-0.05, 0) is 57.5 Å². The summed E-state index contributed by atoms with van der Waals surface area (Å²) in [5.41, 5.74) is 2.54. The van der Waals surface area contributed by atoms with Crippen molar-refractivity contribution < 1.29 is 0 Å². The SMILES string of the molecule is Cc1cc(C(C)C)nc(N2CCC[C@H]2CN(C)C)c1. The summed E-state index contributed by atoms with van der Waals surface area (Å²) in [5, 5.41) is 0. The molecule has 19 heavy (non-hydrogen) atoms. The minimum atomic E-state index is 0.494. The highest BCUT2D eigenvalue weighted by Gasteiger charge is 2.26. The van der Waals surface area contributed by atoms with Crippen molar-refractivity contribution in [1.82, 2.24) is 9.88 Å². The first-order chi connectivity index (χ1) is 8.97. The van der Waals surface area contributed by atoms with Gasteiger partial charge in [0.2, 0.25) is 0 Å². The molecule has 0 bridgehead atoms.